The summed E-state index contributed by atoms with van der Waals surface area (Å²) in [5.41, 5.74) is -0.245. The van der Waals surface area contributed by atoms with Crippen molar-refractivity contribution in [1.82, 2.24) is 10.2 Å². The number of aliphatic carboxylic acids is 1. The lowest BCUT2D eigenvalue weighted by Crippen LogP contribution is -2.59. The third kappa shape index (κ3) is 3.66. The molecule has 0 radical (unpaired) electrons. The molecule has 21 heavy (non-hydrogen) atoms. The number of urea groups is 1. The highest BCUT2D eigenvalue weighted by molar-refractivity contribution is 7.91. The molecule has 0 aromatic heterocycles. The van der Waals surface area contributed by atoms with Gasteiger partial charge in [0, 0.05) is 11.6 Å². The number of nitrogens with zero attached hydrogens (tertiary/aromatic N) is 1. The molecule has 0 bridgehead atoms. The minimum absolute atomic E-state index is 0.0139. The van der Waals surface area contributed by atoms with Crippen molar-refractivity contribution in [2.45, 2.75) is 50.6 Å². The molecule has 8 heteroatoms. The number of sulfone groups is 1. The van der Waals surface area contributed by atoms with Gasteiger partial charge in [0.05, 0.1) is 11.5 Å². The van der Waals surface area contributed by atoms with Gasteiger partial charge in [-0.15, -0.1) is 0 Å². The smallest absolute Gasteiger partial charge is 0.323 e. The quantitative estimate of drug-likeness (QED) is 0.772. The lowest BCUT2D eigenvalue weighted by Gasteiger charge is -2.43. The van der Waals surface area contributed by atoms with Crippen molar-refractivity contribution < 1.29 is 23.1 Å². The third-order valence-corrected chi connectivity index (χ3v) is 6.33. The second-order valence-corrected chi connectivity index (χ2v) is 8.22. The summed E-state index contributed by atoms with van der Waals surface area (Å²) in [5.74, 6) is -1.26. The van der Waals surface area contributed by atoms with Gasteiger partial charge in [-0.05, 0) is 32.1 Å². The highest BCUT2D eigenvalue weighted by Crippen LogP contribution is 2.35. The van der Waals surface area contributed by atoms with Crippen molar-refractivity contribution >= 4 is 21.8 Å². The molecule has 2 aliphatic rings. The second kappa shape index (κ2) is 5.82. The Balaban J connectivity index is 2.08. The van der Waals surface area contributed by atoms with Crippen LogP contribution in [0.4, 0.5) is 4.79 Å². The summed E-state index contributed by atoms with van der Waals surface area (Å²) in [4.78, 5) is 24.5. The first-order chi connectivity index (χ1) is 9.77. The number of rotatable bonds is 5. The zero-order chi connectivity index (χ0) is 15.7. The Labute approximate surface area is 124 Å². The maximum atomic E-state index is 12.4. The number of nitrogens with one attached hydrogen (secondary N) is 1. The Morgan fingerprint density at radius 3 is 2.43 bits per heavy atom. The predicted molar refractivity (Wildman–Crippen MR) is 76.8 cm³/mol. The largest absolute Gasteiger partial charge is 0.480 e. The molecule has 2 fully saturated rings. The van der Waals surface area contributed by atoms with E-state index in [2.05, 4.69) is 5.32 Å². The van der Waals surface area contributed by atoms with Crippen LogP contribution < -0.4 is 5.32 Å². The Hall–Kier alpha value is -1.31. The number of carbonyl (C=O) groups is 2. The number of carboxylic acids is 1. The molecular formula is C13H22N2O5S. The lowest BCUT2D eigenvalue weighted by atomic mass is 9.75. The number of amides is 2. The van der Waals surface area contributed by atoms with Gasteiger partial charge in [0.25, 0.3) is 0 Å². The fourth-order valence-corrected chi connectivity index (χ4v) is 4.73. The predicted octanol–water partition coefficient (Wildman–Crippen LogP) is 0.602. The lowest BCUT2D eigenvalue weighted by molar-refractivity contribution is -0.138. The van der Waals surface area contributed by atoms with Crippen LogP contribution in [0.3, 0.4) is 0 Å². The van der Waals surface area contributed by atoms with E-state index in [0.29, 0.717) is 6.42 Å². The van der Waals surface area contributed by atoms with E-state index in [1.165, 1.54) is 4.90 Å². The summed E-state index contributed by atoms with van der Waals surface area (Å²) in [6.07, 6.45) is 3.92. The van der Waals surface area contributed by atoms with E-state index in [9.17, 15) is 18.0 Å². The van der Waals surface area contributed by atoms with Crippen molar-refractivity contribution in [3.05, 3.63) is 0 Å². The van der Waals surface area contributed by atoms with E-state index in [1.807, 2.05) is 6.92 Å². The first kappa shape index (κ1) is 16.1. The number of hydrogen-bond donors (Lipinski definition) is 2. The highest BCUT2D eigenvalue weighted by atomic mass is 32.2. The van der Waals surface area contributed by atoms with Gasteiger partial charge in [-0.2, -0.15) is 0 Å². The van der Waals surface area contributed by atoms with E-state index < -0.39 is 34.4 Å². The molecule has 2 rings (SSSR count). The van der Waals surface area contributed by atoms with Crippen LogP contribution in [0.1, 0.15) is 39.0 Å². The van der Waals surface area contributed by atoms with Crippen molar-refractivity contribution in [2.24, 2.45) is 0 Å². The van der Waals surface area contributed by atoms with Crippen LogP contribution in [-0.4, -0.2) is 60.1 Å². The van der Waals surface area contributed by atoms with Crippen LogP contribution >= 0.6 is 0 Å². The minimum atomic E-state index is -3.17. The average molecular weight is 318 g/mol. The molecule has 0 spiro atoms. The standard InChI is InChI=1S/C13H22N2O5S/c1-2-13(5-3-6-13)14-12(18)15(8-11(16)17)10-4-7-21(19,20)9-10/h10H,2-9H2,1H3,(H,14,18)(H,16,17). The van der Waals surface area contributed by atoms with Crippen LogP contribution in [0.15, 0.2) is 0 Å². The van der Waals surface area contributed by atoms with Crippen LogP contribution in [0, 0.1) is 0 Å². The maximum Gasteiger partial charge on any atom is 0.323 e. The van der Waals surface area contributed by atoms with Gasteiger partial charge in [-0.25, -0.2) is 13.2 Å². The van der Waals surface area contributed by atoms with Crippen molar-refractivity contribution in [2.75, 3.05) is 18.1 Å². The normalized spacial score (nSPS) is 25.9. The van der Waals surface area contributed by atoms with Crippen LogP contribution in [0.25, 0.3) is 0 Å². The summed E-state index contributed by atoms with van der Waals surface area (Å²) < 4.78 is 23.1. The van der Waals surface area contributed by atoms with Crippen molar-refractivity contribution in [1.29, 1.82) is 0 Å². The Bertz CT molecular complexity index is 521. The van der Waals surface area contributed by atoms with Gasteiger partial charge >= 0.3 is 12.0 Å². The molecule has 0 aromatic carbocycles. The summed E-state index contributed by atoms with van der Waals surface area (Å²) in [7, 11) is -3.17. The van der Waals surface area contributed by atoms with Gasteiger partial charge < -0.3 is 15.3 Å². The van der Waals surface area contributed by atoms with E-state index in [1.54, 1.807) is 0 Å². The molecule has 1 saturated carbocycles. The molecule has 1 aliphatic heterocycles. The van der Waals surface area contributed by atoms with Gasteiger partial charge in [-0.3, -0.25) is 4.79 Å². The fourth-order valence-electron chi connectivity index (χ4n) is 3.00. The summed E-state index contributed by atoms with van der Waals surface area (Å²) in [5, 5.41) is 11.9. The van der Waals surface area contributed by atoms with E-state index in [-0.39, 0.29) is 17.0 Å². The second-order valence-electron chi connectivity index (χ2n) is 6.00. The van der Waals surface area contributed by atoms with Gasteiger partial charge in [0.15, 0.2) is 9.84 Å². The van der Waals surface area contributed by atoms with Crippen molar-refractivity contribution in [3.8, 4) is 0 Å². The molecule has 120 valence electrons. The van der Waals surface area contributed by atoms with Crippen LogP contribution in [-0.2, 0) is 14.6 Å². The summed E-state index contributed by atoms with van der Waals surface area (Å²) in [6.45, 7) is 1.52. The number of carboxylic acid groups (broad SMARTS) is 1. The molecule has 2 N–H and O–H groups in total. The van der Waals surface area contributed by atoms with E-state index in [4.69, 9.17) is 5.11 Å². The molecule has 1 unspecified atom stereocenters. The fraction of sp³-hybridized carbons (Fsp3) is 0.846. The topological polar surface area (TPSA) is 104 Å². The third-order valence-electron chi connectivity index (χ3n) is 4.58. The first-order valence-corrected chi connectivity index (χ1v) is 9.10. The number of hydrogen-bond acceptors (Lipinski definition) is 4. The van der Waals surface area contributed by atoms with Gasteiger partial charge in [0.2, 0.25) is 0 Å². The molecule has 0 aromatic rings. The van der Waals surface area contributed by atoms with E-state index >= 15 is 0 Å². The molecular weight excluding hydrogens is 296 g/mol. The number of carbonyl (C=O) groups excluding carboxylic acids is 1. The molecule has 1 atom stereocenters. The molecule has 2 amide bonds. The molecule has 7 nitrogen and oxygen atoms in total. The van der Waals surface area contributed by atoms with Crippen LogP contribution in [0.2, 0.25) is 0 Å². The van der Waals surface area contributed by atoms with E-state index in [0.717, 1.165) is 25.7 Å². The molecule has 1 heterocycles. The Morgan fingerprint density at radius 1 is 1.38 bits per heavy atom. The zero-order valence-electron chi connectivity index (χ0n) is 12.2. The average Bonchev–Trinajstić information content (AvgIpc) is 2.70. The Kier molecular flexibility index (Phi) is 4.46. The highest BCUT2D eigenvalue weighted by Gasteiger charge is 2.41. The SMILES string of the molecule is CCC1(NC(=O)N(CC(=O)O)C2CCS(=O)(=O)C2)CCC1. The van der Waals surface area contributed by atoms with Gasteiger partial charge in [0.1, 0.15) is 6.54 Å². The van der Waals surface area contributed by atoms with Crippen molar-refractivity contribution in [3.63, 3.8) is 0 Å². The maximum absolute atomic E-state index is 12.4. The monoisotopic (exact) mass is 318 g/mol. The Morgan fingerprint density at radius 2 is 2.05 bits per heavy atom. The van der Waals surface area contributed by atoms with Gasteiger partial charge in [-0.1, -0.05) is 6.92 Å². The van der Waals surface area contributed by atoms with Crippen LogP contribution in [0.5, 0.6) is 0 Å². The molecule has 1 saturated heterocycles. The zero-order valence-corrected chi connectivity index (χ0v) is 13.0. The first-order valence-electron chi connectivity index (χ1n) is 7.28. The summed E-state index contributed by atoms with van der Waals surface area (Å²) in [6, 6.07) is -0.999. The summed E-state index contributed by atoms with van der Waals surface area (Å²) >= 11 is 0. The molecule has 1 aliphatic carbocycles. The minimum Gasteiger partial charge on any atom is -0.480 e.